The first-order valence-corrected chi connectivity index (χ1v) is 10.3. The first-order chi connectivity index (χ1) is 15.6. The van der Waals surface area contributed by atoms with E-state index < -0.39 is 30.0 Å². The summed E-state index contributed by atoms with van der Waals surface area (Å²) < 4.78 is 28.9. The number of nitriles is 1. The number of nitrogens with one attached hydrogen (secondary N) is 1. The maximum absolute atomic E-state index is 13.8. The van der Waals surface area contributed by atoms with Gasteiger partial charge >= 0.3 is 5.97 Å². The number of hydrogen-bond donors (Lipinski definition) is 2. The summed E-state index contributed by atoms with van der Waals surface area (Å²) in [6.45, 7) is 2.91. The second-order valence-corrected chi connectivity index (χ2v) is 8.14. The van der Waals surface area contributed by atoms with E-state index in [4.69, 9.17) is 0 Å². The summed E-state index contributed by atoms with van der Waals surface area (Å²) in [5.41, 5.74) is 1.01. The van der Waals surface area contributed by atoms with Gasteiger partial charge in [-0.25, -0.2) is 18.6 Å². The van der Waals surface area contributed by atoms with Gasteiger partial charge in [-0.1, -0.05) is 12.1 Å². The maximum Gasteiger partial charge on any atom is 0.337 e. The molecule has 8 nitrogen and oxygen atoms in total. The van der Waals surface area contributed by atoms with Crippen LogP contribution in [0.2, 0.25) is 0 Å². The molecule has 0 bridgehead atoms. The van der Waals surface area contributed by atoms with Gasteiger partial charge in [0.25, 0.3) is 11.5 Å². The molecule has 0 radical (unpaired) electrons. The maximum atomic E-state index is 13.8. The lowest BCUT2D eigenvalue weighted by atomic mass is 10.1. The van der Waals surface area contributed by atoms with E-state index in [1.807, 2.05) is 6.07 Å². The average Bonchev–Trinajstić information content (AvgIpc) is 3.13. The van der Waals surface area contributed by atoms with E-state index in [9.17, 15) is 28.7 Å². The molecule has 0 amide bonds. The lowest BCUT2D eigenvalue weighted by molar-refractivity contribution is 0.0256. The highest BCUT2D eigenvalue weighted by atomic mass is 19.3. The Morgan fingerprint density at radius 1 is 1.36 bits per heavy atom. The molecule has 10 heteroatoms. The molecule has 0 aliphatic carbocycles. The Balaban J connectivity index is 1.86. The normalized spacial score (nSPS) is 15.9. The second kappa shape index (κ2) is 8.16. The van der Waals surface area contributed by atoms with Gasteiger partial charge in [0.1, 0.15) is 11.7 Å². The van der Waals surface area contributed by atoms with Crippen molar-refractivity contribution in [2.24, 2.45) is 0 Å². The number of hydrogen-bond acceptors (Lipinski definition) is 6. The summed E-state index contributed by atoms with van der Waals surface area (Å²) in [6.07, 6.45) is 1.15. The number of halogens is 2. The summed E-state index contributed by atoms with van der Waals surface area (Å²) in [5.74, 6) is -4.09. The number of carboxylic acid groups (broad SMARTS) is 1. The quantitative estimate of drug-likeness (QED) is 0.607. The van der Waals surface area contributed by atoms with Crippen LogP contribution in [0.4, 0.5) is 20.3 Å². The molecule has 1 unspecified atom stereocenters. The molecule has 0 spiro atoms. The van der Waals surface area contributed by atoms with Gasteiger partial charge in [0.05, 0.1) is 18.2 Å². The molecule has 2 N–H and O–H groups in total. The standard InChI is InChI=1S/C23H21F2N5O3/c1-13-9-16(14(2)27-18-6-4-3-5-15(18)22(32)33)20-28-19(29-8-7-23(24,25)12-29)17(10-26)21(31)30(20)11-13/h3-6,9,11,14,27H,7-8,12H2,1-2H3,(H,32,33). The number of anilines is 2. The van der Waals surface area contributed by atoms with Crippen molar-refractivity contribution in [2.45, 2.75) is 32.2 Å². The van der Waals surface area contributed by atoms with Gasteiger partial charge in [-0.3, -0.25) is 9.20 Å². The molecule has 4 rings (SSSR count). The van der Waals surface area contributed by atoms with Crippen LogP contribution in [-0.4, -0.2) is 39.5 Å². The summed E-state index contributed by atoms with van der Waals surface area (Å²) in [4.78, 5) is 30.4. The number of carbonyl (C=O) groups is 1. The van der Waals surface area contributed by atoms with Crippen molar-refractivity contribution in [3.8, 4) is 6.07 Å². The third-order valence-electron chi connectivity index (χ3n) is 5.65. The van der Waals surface area contributed by atoms with Gasteiger partial charge in [-0.2, -0.15) is 5.26 Å². The van der Waals surface area contributed by atoms with Crippen LogP contribution >= 0.6 is 0 Å². The number of aryl methyl sites for hydroxylation is 1. The molecule has 1 saturated heterocycles. The largest absolute Gasteiger partial charge is 0.478 e. The minimum atomic E-state index is -2.93. The molecule has 1 aliphatic rings. The Kier molecular flexibility index (Phi) is 5.49. The molecule has 33 heavy (non-hydrogen) atoms. The first kappa shape index (κ1) is 22.2. The van der Waals surface area contributed by atoms with Gasteiger partial charge in [0.2, 0.25) is 0 Å². The average molecular weight is 453 g/mol. The molecule has 2 aromatic heterocycles. The number of para-hydroxylation sites is 1. The van der Waals surface area contributed by atoms with Crippen molar-refractivity contribution in [2.75, 3.05) is 23.3 Å². The van der Waals surface area contributed by atoms with E-state index in [1.54, 1.807) is 38.1 Å². The molecule has 1 aliphatic heterocycles. The van der Waals surface area contributed by atoms with Crippen LogP contribution in [0.15, 0.2) is 41.3 Å². The summed E-state index contributed by atoms with van der Waals surface area (Å²) in [7, 11) is 0. The SMILES string of the molecule is Cc1cc(C(C)Nc2ccccc2C(=O)O)c2nc(N3CCC(F)(F)C3)c(C#N)c(=O)n2c1. The molecule has 3 aromatic rings. The van der Waals surface area contributed by atoms with E-state index >= 15 is 0 Å². The third-order valence-corrected chi connectivity index (χ3v) is 5.65. The Bertz CT molecular complexity index is 1360. The molecule has 1 aromatic carbocycles. The highest BCUT2D eigenvalue weighted by molar-refractivity contribution is 5.94. The fourth-order valence-corrected chi connectivity index (χ4v) is 4.06. The minimum absolute atomic E-state index is 0.0225. The van der Waals surface area contributed by atoms with Gasteiger partial charge in [0.15, 0.2) is 11.4 Å². The van der Waals surface area contributed by atoms with Crippen LogP contribution in [0.3, 0.4) is 0 Å². The second-order valence-electron chi connectivity index (χ2n) is 8.14. The molecule has 170 valence electrons. The van der Waals surface area contributed by atoms with Crippen LogP contribution < -0.4 is 15.8 Å². The highest BCUT2D eigenvalue weighted by Crippen LogP contribution is 2.32. The summed E-state index contributed by atoms with van der Waals surface area (Å²) in [6, 6.07) is 9.53. The number of aromatic carboxylic acids is 1. The van der Waals surface area contributed by atoms with Gasteiger partial charge in [-0.05, 0) is 37.6 Å². The van der Waals surface area contributed by atoms with Crippen molar-refractivity contribution < 1.29 is 18.7 Å². The van der Waals surface area contributed by atoms with E-state index in [0.717, 1.165) is 0 Å². The van der Waals surface area contributed by atoms with Gasteiger partial charge in [-0.15, -0.1) is 0 Å². The number of alkyl halides is 2. The van der Waals surface area contributed by atoms with Crippen molar-refractivity contribution in [3.63, 3.8) is 0 Å². The van der Waals surface area contributed by atoms with Gasteiger partial charge in [0, 0.05) is 30.4 Å². The fraction of sp³-hybridized carbons (Fsp3) is 0.304. The Morgan fingerprint density at radius 3 is 2.73 bits per heavy atom. The molecule has 0 saturated carbocycles. The lowest BCUT2D eigenvalue weighted by Crippen LogP contribution is -2.30. The van der Waals surface area contributed by atoms with Crippen LogP contribution in [0.1, 0.15) is 46.4 Å². The van der Waals surface area contributed by atoms with E-state index in [1.165, 1.54) is 21.6 Å². The zero-order valence-corrected chi connectivity index (χ0v) is 18.0. The van der Waals surface area contributed by atoms with E-state index in [2.05, 4.69) is 10.3 Å². The summed E-state index contributed by atoms with van der Waals surface area (Å²) >= 11 is 0. The number of aromatic nitrogens is 2. The van der Waals surface area contributed by atoms with Crippen molar-refractivity contribution in [1.82, 2.24) is 9.38 Å². The van der Waals surface area contributed by atoms with Crippen LogP contribution in [0, 0.1) is 18.3 Å². The first-order valence-electron chi connectivity index (χ1n) is 10.3. The van der Waals surface area contributed by atoms with Crippen molar-refractivity contribution in [1.29, 1.82) is 5.26 Å². The van der Waals surface area contributed by atoms with Crippen molar-refractivity contribution >= 4 is 23.1 Å². The molecule has 1 fully saturated rings. The van der Waals surface area contributed by atoms with Gasteiger partial charge < -0.3 is 15.3 Å². The van der Waals surface area contributed by atoms with E-state index in [0.29, 0.717) is 16.8 Å². The third kappa shape index (κ3) is 4.09. The molecule has 1 atom stereocenters. The molecular formula is C23H21F2N5O3. The van der Waals surface area contributed by atoms with E-state index in [-0.39, 0.29) is 35.6 Å². The fourth-order valence-electron chi connectivity index (χ4n) is 4.06. The Hall–Kier alpha value is -4.00. The molecule has 3 heterocycles. The minimum Gasteiger partial charge on any atom is -0.478 e. The lowest BCUT2D eigenvalue weighted by Gasteiger charge is -2.22. The topological polar surface area (TPSA) is 111 Å². The zero-order valence-electron chi connectivity index (χ0n) is 18.0. The monoisotopic (exact) mass is 453 g/mol. The van der Waals surface area contributed by atoms with Crippen LogP contribution in [-0.2, 0) is 0 Å². The van der Waals surface area contributed by atoms with Crippen LogP contribution in [0.25, 0.3) is 5.65 Å². The predicted octanol–water partition coefficient (Wildman–Crippen LogP) is 3.59. The van der Waals surface area contributed by atoms with Crippen molar-refractivity contribution in [3.05, 3.63) is 69.1 Å². The summed E-state index contributed by atoms with van der Waals surface area (Å²) in [5, 5.41) is 22.2. The number of nitrogens with zero attached hydrogens (tertiary/aromatic N) is 4. The number of benzene rings is 1. The molecular weight excluding hydrogens is 432 g/mol. The zero-order chi connectivity index (χ0) is 23.9. The Morgan fingerprint density at radius 2 is 2.09 bits per heavy atom. The smallest absolute Gasteiger partial charge is 0.337 e. The highest BCUT2D eigenvalue weighted by Gasteiger charge is 2.40. The predicted molar refractivity (Wildman–Crippen MR) is 118 cm³/mol. The number of rotatable bonds is 5. The Labute approximate surface area is 187 Å². The number of fused-ring (bicyclic) bond motifs is 1. The number of pyridine rings is 1. The number of carboxylic acids is 1. The van der Waals surface area contributed by atoms with Crippen LogP contribution in [0.5, 0.6) is 0 Å².